The van der Waals surface area contributed by atoms with Crippen molar-refractivity contribution in [1.29, 1.82) is 0 Å². The van der Waals surface area contributed by atoms with Crippen molar-refractivity contribution in [2.24, 2.45) is 0 Å². The van der Waals surface area contributed by atoms with Crippen LogP contribution in [0.2, 0.25) is 0 Å². The van der Waals surface area contributed by atoms with Crippen LogP contribution in [-0.4, -0.2) is 36.8 Å². The Bertz CT molecular complexity index is 84.6. The second-order valence-electron chi connectivity index (χ2n) is 2.04. The van der Waals surface area contributed by atoms with Crippen LogP contribution in [0.5, 0.6) is 0 Å². The first-order chi connectivity index (χ1) is 3.89. The second kappa shape index (κ2) is 2.81. The summed E-state index contributed by atoms with van der Waals surface area (Å²) in [5.41, 5.74) is 0. The van der Waals surface area contributed by atoms with Gasteiger partial charge < -0.3 is 0 Å². The van der Waals surface area contributed by atoms with Crippen LogP contribution in [0.25, 0.3) is 0 Å². The van der Waals surface area contributed by atoms with Crippen molar-refractivity contribution < 1.29 is 7.77 Å². The fourth-order valence-electron chi connectivity index (χ4n) is 0.327. The van der Waals surface area contributed by atoms with Crippen LogP contribution >= 0.6 is 11.2 Å². The fraction of sp³-hybridized carbons (Fsp3) is 1.00. The molecule has 0 spiro atoms. The number of hydrogen-bond acceptors (Lipinski definition) is 2. The molecule has 0 amide bonds. The molecule has 0 N–H and O–H groups in total. The molecular formula is C4H12F2N2S. The van der Waals surface area contributed by atoms with E-state index in [1.165, 1.54) is 28.2 Å². The van der Waals surface area contributed by atoms with Gasteiger partial charge >= 0.3 is 0 Å². The molecule has 0 aliphatic rings. The summed E-state index contributed by atoms with van der Waals surface area (Å²) in [6.45, 7) is 0. The minimum absolute atomic E-state index is 0.938. The van der Waals surface area contributed by atoms with Crippen LogP contribution in [0.15, 0.2) is 0 Å². The third-order valence-corrected chi connectivity index (χ3v) is 2.64. The number of rotatable bonds is 2. The van der Waals surface area contributed by atoms with Crippen molar-refractivity contribution in [2.45, 2.75) is 0 Å². The van der Waals surface area contributed by atoms with E-state index in [0.29, 0.717) is 0 Å². The maximum atomic E-state index is 12.6. The van der Waals surface area contributed by atoms with Gasteiger partial charge in [0.1, 0.15) is 0 Å². The maximum Gasteiger partial charge on any atom is 0.184 e. The van der Waals surface area contributed by atoms with Crippen LogP contribution in [-0.2, 0) is 0 Å². The Morgan fingerprint density at radius 2 is 1.11 bits per heavy atom. The molecule has 0 saturated heterocycles. The lowest BCUT2D eigenvalue weighted by Gasteiger charge is -2.32. The topological polar surface area (TPSA) is 6.48 Å². The van der Waals surface area contributed by atoms with Crippen molar-refractivity contribution in [1.82, 2.24) is 8.61 Å². The first-order valence-electron chi connectivity index (χ1n) is 2.46. The molecule has 5 heteroatoms. The second-order valence-corrected chi connectivity index (χ2v) is 4.33. The molecule has 0 fully saturated rings. The Balaban J connectivity index is 4.01. The molecule has 0 unspecified atom stereocenters. The van der Waals surface area contributed by atoms with Gasteiger partial charge in [-0.1, -0.05) is 0 Å². The smallest absolute Gasteiger partial charge is 0.184 e. The summed E-state index contributed by atoms with van der Waals surface area (Å²) < 4.78 is 27.1. The van der Waals surface area contributed by atoms with E-state index in [1.54, 1.807) is 0 Å². The molecule has 58 valence electrons. The summed E-state index contributed by atoms with van der Waals surface area (Å²) >= 11 is -3.65. The Morgan fingerprint density at radius 1 is 0.889 bits per heavy atom. The highest BCUT2D eigenvalue weighted by atomic mass is 32.3. The van der Waals surface area contributed by atoms with Crippen LogP contribution in [0.1, 0.15) is 0 Å². The quantitative estimate of drug-likeness (QED) is 0.601. The molecule has 0 radical (unpaired) electrons. The van der Waals surface area contributed by atoms with Gasteiger partial charge in [-0.2, -0.15) is 0 Å². The average molecular weight is 158 g/mol. The standard InChI is InChI=1S/C4H12F2N2S/c1-7(2)9(5,6)8(3)4/h1-4H3. The third-order valence-electron chi connectivity index (χ3n) is 0.879. The van der Waals surface area contributed by atoms with Gasteiger partial charge in [-0.15, -0.1) is 7.77 Å². The molecule has 9 heavy (non-hydrogen) atoms. The van der Waals surface area contributed by atoms with Gasteiger partial charge in [-0.25, -0.2) is 8.61 Å². The normalized spacial score (nSPS) is 15.1. The zero-order chi connectivity index (χ0) is 7.65. The van der Waals surface area contributed by atoms with E-state index in [9.17, 15) is 7.77 Å². The zero-order valence-electron chi connectivity index (χ0n) is 6.06. The molecule has 0 saturated carbocycles. The van der Waals surface area contributed by atoms with E-state index >= 15 is 0 Å². The fourth-order valence-corrected chi connectivity index (χ4v) is 0.980. The van der Waals surface area contributed by atoms with Crippen LogP contribution in [0.3, 0.4) is 0 Å². The van der Waals surface area contributed by atoms with Crippen molar-refractivity contribution in [3.63, 3.8) is 0 Å². The Kier molecular flexibility index (Phi) is 2.85. The molecule has 0 aliphatic heterocycles. The lowest BCUT2D eigenvalue weighted by molar-refractivity contribution is 0.467. The Morgan fingerprint density at radius 3 is 1.11 bits per heavy atom. The molecule has 0 bridgehead atoms. The minimum Gasteiger partial charge on any atom is -0.213 e. The molecule has 2 nitrogen and oxygen atoms in total. The summed E-state index contributed by atoms with van der Waals surface area (Å²) in [5, 5.41) is 0. The lowest BCUT2D eigenvalue weighted by Crippen LogP contribution is -2.24. The minimum atomic E-state index is -3.65. The molecule has 0 heterocycles. The molecule has 0 aromatic rings. The van der Waals surface area contributed by atoms with Gasteiger partial charge in [-0.3, -0.25) is 0 Å². The molecule has 0 aliphatic carbocycles. The summed E-state index contributed by atoms with van der Waals surface area (Å²) in [7, 11) is 5.48. The first-order valence-corrected chi connectivity index (χ1v) is 3.81. The maximum absolute atomic E-state index is 12.6. The lowest BCUT2D eigenvalue weighted by atomic mass is 11.3. The molecule has 0 aromatic heterocycles. The van der Waals surface area contributed by atoms with Gasteiger partial charge in [0, 0.05) is 28.2 Å². The predicted molar refractivity (Wildman–Crippen MR) is 37.2 cm³/mol. The number of halogens is 2. The largest absolute Gasteiger partial charge is 0.213 e. The summed E-state index contributed by atoms with van der Waals surface area (Å²) in [6.07, 6.45) is 0. The van der Waals surface area contributed by atoms with Crippen LogP contribution < -0.4 is 0 Å². The van der Waals surface area contributed by atoms with Crippen LogP contribution in [0.4, 0.5) is 7.77 Å². The highest BCUT2D eigenvalue weighted by Gasteiger charge is 2.27. The van der Waals surface area contributed by atoms with E-state index in [-0.39, 0.29) is 0 Å². The van der Waals surface area contributed by atoms with E-state index in [2.05, 4.69) is 0 Å². The highest BCUT2D eigenvalue weighted by Crippen LogP contribution is 2.54. The van der Waals surface area contributed by atoms with Crippen molar-refractivity contribution in [2.75, 3.05) is 28.2 Å². The van der Waals surface area contributed by atoms with Gasteiger partial charge in [-0.05, 0) is 0 Å². The zero-order valence-corrected chi connectivity index (χ0v) is 6.88. The molecule has 0 atom stereocenters. The average Bonchev–Trinajstić information content (AvgIpc) is 1.65. The van der Waals surface area contributed by atoms with E-state index < -0.39 is 11.2 Å². The molecular weight excluding hydrogens is 146 g/mol. The molecule has 0 rings (SSSR count). The number of hydrogen-bond donors (Lipinski definition) is 0. The van der Waals surface area contributed by atoms with E-state index in [1.807, 2.05) is 0 Å². The Labute approximate surface area is 56.6 Å². The summed E-state index contributed by atoms with van der Waals surface area (Å²) in [5.74, 6) is 0. The van der Waals surface area contributed by atoms with Crippen LogP contribution in [0, 0.1) is 0 Å². The third kappa shape index (κ3) is 2.08. The van der Waals surface area contributed by atoms with Crippen molar-refractivity contribution >= 4 is 11.2 Å². The summed E-state index contributed by atoms with van der Waals surface area (Å²) in [6, 6.07) is 0. The predicted octanol–water partition coefficient (Wildman–Crippen LogP) is 1.51. The van der Waals surface area contributed by atoms with Gasteiger partial charge in [0.25, 0.3) is 0 Å². The van der Waals surface area contributed by atoms with Gasteiger partial charge in [0.2, 0.25) is 0 Å². The molecule has 0 aromatic carbocycles. The number of nitrogens with zero attached hydrogens (tertiary/aromatic N) is 2. The van der Waals surface area contributed by atoms with Gasteiger partial charge in [0.05, 0.1) is 0 Å². The van der Waals surface area contributed by atoms with E-state index in [4.69, 9.17) is 0 Å². The Hall–Kier alpha value is 0.130. The SMILES string of the molecule is CN(C)S(F)(F)N(C)C. The van der Waals surface area contributed by atoms with Crippen molar-refractivity contribution in [3.8, 4) is 0 Å². The monoisotopic (exact) mass is 158 g/mol. The van der Waals surface area contributed by atoms with Crippen molar-refractivity contribution in [3.05, 3.63) is 0 Å². The van der Waals surface area contributed by atoms with E-state index in [0.717, 1.165) is 8.61 Å². The first kappa shape index (κ1) is 9.13. The highest BCUT2D eigenvalue weighted by molar-refractivity contribution is 8.21. The summed E-state index contributed by atoms with van der Waals surface area (Å²) in [4.78, 5) is 0. The van der Waals surface area contributed by atoms with Gasteiger partial charge in [0.15, 0.2) is 11.2 Å².